The molecule has 1 aliphatic rings. The number of carbonyl (C=O) groups is 1. The zero-order valence-electron chi connectivity index (χ0n) is 20.5. The maximum atomic E-state index is 13.9. The lowest BCUT2D eigenvalue weighted by atomic mass is 9.79. The molecule has 1 unspecified atom stereocenters. The SMILES string of the molecule is COc1ccc2nccc(C(O)CC[C@@H]3CCN(CCSc4ccccc4F)C[C@@H]3CC(=O)O)c2c1. The van der Waals surface area contributed by atoms with E-state index in [0.717, 1.165) is 48.2 Å². The molecule has 0 bridgehead atoms. The van der Waals surface area contributed by atoms with E-state index in [4.69, 9.17) is 4.74 Å². The van der Waals surface area contributed by atoms with Gasteiger partial charge < -0.3 is 19.8 Å². The van der Waals surface area contributed by atoms with Crippen LogP contribution in [0.2, 0.25) is 0 Å². The lowest BCUT2D eigenvalue weighted by Gasteiger charge is -2.38. The van der Waals surface area contributed by atoms with Crippen LogP contribution in [0.4, 0.5) is 4.39 Å². The number of carboxylic acid groups (broad SMARTS) is 1. The van der Waals surface area contributed by atoms with Crippen LogP contribution in [-0.2, 0) is 4.79 Å². The van der Waals surface area contributed by atoms with Crippen molar-refractivity contribution in [2.45, 2.75) is 36.7 Å². The topological polar surface area (TPSA) is 82.9 Å². The van der Waals surface area contributed by atoms with E-state index in [1.54, 1.807) is 25.4 Å². The summed E-state index contributed by atoms with van der Waals surface area (Å²) in [5.74, 6) is 0.725. The second-order valence-corrected chi connectivity index (χ2v) is 10.5. The molecule has 2 N–H and O–H groups in total. The lowest BCUT2D eigenvalue weighted by Crippen LogP contribution is -2.42. The Morgan fingerprint density at radius 3 is 2.86 bits per heavy atom. The number of pyridine rings is 1. The Morgan fingerprint density at radius 2 is 2.08 bits per heavy atom. The molecule has 192 valence electrons. The predicted molar refractivity (Wildman–Crippen MR) is 140 cm³/mol. The van der Waals surface area contributed by atoms with E-state index in [9.17, 15) is 19.4 Å². The lowest BCUT2D eigenvalue weighted by molar-refractivity contribution is -0.139. The number of carboxylic acids is 1. The quantitative estimate of drug-likeness (QED) is 0.333. The number of hydrogen-bond donors (Lipinski definition) is 2. The summed E-state index contributed by atoms with van der Waals surface area (Å²) in [4.78, 5) is 18.9. The Kier molecular flexibility index (Phi) is 9.18. The number of piperidine rings is 1. The first-order valence-corrected chi connectivity index (χ1v) is 13.4. The number of methoxy groups -OCH3 is 1. The van der Waals surface area contributed by atoms with Gasteiger partial charge in [0.15, 0.2) is 0 Å². The molecule has 3 atom stereocenters. The van der Waals surface area contributed by atoms with E-state index in [0.29, 0.717) is 23.6 Å². The Labute approximate surface area is 215 Å². The summed E-state index contributed by atoms with van der Waals surface area (Å²) in [6, 6.07) is 14.2. The van der Waals surface area contributed by atoms with Crippen molar-refractivity contribution in [1.82, 2.24) is 9.88 Å². The molecule has 0 radical (unpaired) electrons. The van der Waals surface area contributed by atoms with Gasteiger partial charge in [-0.15, -0.1) is 11.8 Å². The molecule has 0 aliphatic carbocycles. The number of aromatic nitrogens is 1. The zero-order valence-corrected chi connectivity index (χ0v) is 21.3. The van der Waals surface area contributed by atoms with Crippen LogP contribution >= 0.6 is 11.8 Å². The number of hydrogen-bond acceptors (Lipinski definition) is 6. The van der Waals surface area contributed by atoms with Crippen LogP contribution in [0.1, 0.15) is 37.4 Å². The minimum Gasteiger partial charge on any atom is -0.497 e. The van der Waals surface area contributed by atoms with E-state index in [2.05, 4.69) is 9.88 Å². The Balaban J connectivity index is 1.35. The number of fused-ring (bicyclic) bond motifs is 1. The normalized spacial score (nSPS) is 19.3. The average Bonchev–Trinajstić information content (AvgIpc) is 2.88. The molecule has 1 aromatic heterocycles. The molecule has 3 aromatic rings. The van der Waals surface area contributed by atoms with Crippen LogP contribution < -0.4 is 4.74 Å². The first kappa shape index (κ1) is 26.4. The smallest absolute Gasteiger partial charge is 0.303 e. The van der Waals surface area contributed by atoms with Gasteiger partial charge in [0.25, 0.3) is 0 Å². The number of nitrogens with zero attached hydrogens (tertiary/aromatic N) is 2. The molecule has 0 spiro atoms. The third-order valence-corrected chi connectivity index (χ3v) is 8.10. The summed E-state index contributed by atoms with van der Waals surface area (Å²) in [5.41, 5.74) is 1.62. The highest BCUT2D eigenvalue weighted by Crippen LogP contribution is 2.35. The number of aliphatic hydroxyl groups excluding tert-OH is 1. The second kappa shape index (κ2) is 12.5. The summed E-state index contributed by atoms with van der Waals surface area (Å²) >= 11 is 1.49. The molecule has 4 rings (SSSR count). The number of likely N-dealkylation sites (tertiary alicyclic amines) is 1. The molecule has 6 nitrogen and oxygen atoms in total. The summed E-state index contributed by atoms with van der Waals surface area (Å²) in [6.07, 6.45) is 3.36. The van der Waals surface area contributed by atoms with Gasteiger partial charge in [-0.3, -0.25) is 9.78 Å². The van der Waals surface area contributed by atoms with Crippen molar-refractivity contribution in [1.29, 1.82) is 0 Å². The van der Waals surface area contributed by atoms with Crippen LogP contribution in [0, 0.1) is 17.7 Å². The van der Waals surface area contributed by atoms with Crippen molar-refractivity contribution in [3.8, 4) is 5.75 Å². The minimum absolute atomic E-state index is 0.0242. The van der Waals surface area contributed by atoms with Gasteiger partial charge in [-0.25, -0.2) is 4.39 Å². The summed E-state index contributed by atoms with van der Waals surface area (Å²) < 4.78 is 19.2. The zero-order chi connectivity index (χ0) is 25.5. The molecule has 2 aromatic carbocycles. The highest BCUT2D eigenvalue weighted by atomic mass is 32.2. The molecule has 8 heteroatoms. The maximum Gasteiger partial charge on any atom is 0.303 e. The van der Waals surface area contributed by atoms with Gasteiger partial charge in [-0.2, -0.15) is 0 Å². The Bertz CT molecular complexity index is 1180. The fourth-order valence-corrected chi connectivity index (χ4v) is 6.08. The molecule has 2 heterocycles. The van der Waals surface area contributed by atoms with Crippen molar-refractivity contribution < 1.29 is 24.1 Å². The van der Waals surface area contributed by atoms with Gasteiger partial charge in [-0.1, -0.05) is 12.1 Å². The molecular weight excluding hydrogens is 479 g/mol. The summed E-state index contributed by atoms with van der Waals surface area (Å²) in [5, 5.41) is 21.4. The number of rotatable bonds is 11. The minimum atomic E-state index is -0.791. The van der Waals surface area contributed by atoms with Gasteiger partial charge in [0.05, 0.1) is 18.7 Å². The highest BCUT2D eigenvalue weighted by Gasteiger charge is 2.31. The number of aliphatic hydroxyl groups is 1. The number of benzene rings is 2. The number of halogens is 1. The first-order valence-electron chi connectivity index (χ1n) is 12.4. The average molecular weight is 513 g/mol. The van der Waals surface area contributed by atoms with E-state index in [1.807, 2.05) is 30.3 Å². The molecule has 36 heavy (non-hydrogen) atoms. The van der Waals surface area contributed by atoms with E-state index in [1.165, 1.54) is 17.8 Å². The van der Waals surface area contributed by atoms with Crippen LogP contribution in [0.25, 0.3) is 10.9 Å². The van der Waals surface area contributed by atoms with Crippen LogP contribution in [-0.4, -0.2) is 58.6 Å². The molecule has 0 saturated carbocycles. The molecular formula is C28H33FN2O4S. The number of thioether (sulfide) groups is 1. The third-order valence-electron chi connectivity index (χ3n) is 7.07. The van der Waals surface area contributed by atoms with Crippen LogP contribution in [0.15, 0.2) is 59.6 Å². The monoisotopic (exact) mass is 512 g/mol. The van der Waals surface area contributed by atoms with E-state index >= 15 is 0 Å². The van der Waals surface area contributed by atoms with Crippen LogP contribution in [0.3, 0.4) is 0 Å². The van der Waals surface area contributed by atoms with Gasteiger partial charge in [0.1, 0.15) is 11.6 Å². The molecule has 0 amide bonds. The highest BCUT2D eigenvalue weighted by molar-refractivity contribution is 7.99. The van der Waals surface area contributed by atoms with Gasteiger partial charge in [0, 0.05) is 41.7 Å². The van der Waals surface area contributed by atoms with Gasteiger partial charge >= 0.3 is 5.97 Å². The van der Waals surface area contributed by atoms with Gasteiger partial charge in [-0.05, 0) is 79.6 Å². The van der Waals surface area contributed by atoms with Gasteiger partial charge in [0.2, 0.25) is 0 Å². The Hall–Kier alpha value is -2.68. The van der Waals surface area contributed by atoms with Crippen molar-refractivity contribution in [3.63, 3.8) is 0 Å². The number of ether oxygens (including phenoxy) is 1. The molecule has 1 fully saturated rings. The van der Waals surface area contributed by atoms with E-state index in [-0.39, 0.29) is 24.1 Å². The largest absolute Gasteiger partial charge is 0.497 e. The predicted octanol–water partition coefficient (Wildman–Crippen LogP) is 5.40. The van der Waals surface area contributed by atoms with Crippen molar-refractivity contribution in [2.24, 2.45) is 11.8 Å². The fourth-order valence-electron chi connectivity index (χ4n) is 5.13. The summed E-state index contributed by atoms with van der Waals surface area (Å²) in [7, 11) is 1.61. The molecule has 1 aliphatic heterocycles. The molecule has 1 saturated heterocycles. The van der Waals surface area contributed by atoms with Crippen molar-refractivity contribution >= 4 is 28.6 Å². The van der Waals surface area contributed by atoms with Crippen molar-refractivity contribution in [3.05, 3.63) is 66.1 Å². The Morgan fingerprint density at radius 1 is 1.25 bits per heavy atom. The third kappa shape index (κ3) is 6.75. The second-order valence-electron chi connectivity index (χ2n) is 9.36. The van der Waals surface area contributed by atoms with Crippen LogP contribution in [0.5, 0.6) is 5.75 Å². The maximum absolute atomic E-state index is 13.9. The van der Waals surface area contributed by atoms with E-state index < -0.39 is 12.1 Å². The number of aliphatic carboxylic acids is 1. The summed E-state index contributed by atoms with van der Waals surface area (Å²) in [6.45, 7) is 2.37. The standard InChI is InChI=1S/C28H33FN2O4S/c1-35-21-7-8-25-23(17-21)22(10-12-30-25)26(32)9-6-19-11-13-31(18-20(19)16-28(33)34)14-15-36-27-5-3-2-4-24(27)29/h2-5,7-8,10,12,17,19-20,26,32H,6,9,11,13-16,18H2,1H3,(H,33,34)/t19-,20+,26?/m1/s1. The fraction of sp³-hybridized carbons (Fsp3) is 0.429. The van der Waals surface area contributed by atoms with Crippen molar-refractivity contribution in [2.75, 3.05) is 32.5 Å². The first-order chi connectivity index (χ1) is 17.4.